The van der Waals surface area contributed by atoms with E-state index in [4.69, 9.17) is 30.8 Å². The van der Waals surface area contributed by atoms with Crippen LogP contribution in [0, 0.1) is 10.8 Å². The first kappa shape index (κ1) is 92.7. The van der Waals surface area contributed by atoms with Gasteiger partial charge in [-0.05, 0) is 186 Å². The highest BCUT2D eigenvalue weighted by atomic mass is 35.7. The molecule has 2 fully saturated rings. The summed E-state index contributed by atoms with van der Waals surface area (Å²) in [5, 5.41) is 7.63. The topological polar surface area (TPSA) is 359 Å². The Morgan fingerprint density at radius 2 is 0.754 bits per heavy atom. The first-order valence-electron chi connectivity index (χ1n) is 37.5. The zero-order valence-electron chi connectivity index (χ0n) is 67.5. The quantitative estimate of drug-likeness (QED) is 0.0332. The summed E-state index contributed by atoms with van der Waals surface area (Å²) in [4.78, 5) is 119. The van der Waals surface area contributed by atoms with Gasteiger partial charge in [0.05, 0.1) is 32.7 Å². The van der Waals surface area contributed by atoms with Gasteiger partial charge in [-0.15, -0.1) is 0 Å². The van der Waals surface area contributed by atoms with E-state index in [0.717, 1.165) is 11.1 Å². The van der Waals surface area contributed by atoms with Crippen molar-refractivity contribution >= 4 is 129 Å². The summed E-state index contributed by atoms with van der Waals surface area (Å²) in [5.41, 5.74) is -1.28. The highest BCUT2D eigenvalue weighted by Gasteiger charge is 2.44. The van der Waals surface area contributed by atoms with E-state index in [1.54, 1.807) is 75.0 Å². The van der Waals surface area contributed by atoms with Crippen LogP contribution in [0.1, 0.15) is 134 Å². The summed E-state index contributed by atoms with van der Waals surface area (Å²) >= 11 is 0. The number of rotatable bonds is 28. The van der Waals surface area contributed by atoms with Crippen molar-refractivity contribution in [1.29, 1.82) is 0 Å². The summed E-state index contributed by atoms with van der Waals surface area (Å²) in [6.07, 6.45) is 1.75. The predicted octanol–water partition coefficient (Wildman–Crippen LogP) is 9.79. The number of amides is 8. The zero-order chi connectivity index (χ0) is 85.0. The van der Waals surface area contributed by atoms with E-state index in [9.17, 15) is 72.0 Å². The van der Waals surface area contributed by atoms with Crippen LogP contribution in [0.5, 0.6) is 0 Å². The van der Waals surface area contributed by atoms with E-state index in [1.807, 2.05) is 102 Å². The van der Waals surface area contributed by atoms with Gasteiger partial charge in [0.2, 0.25) is 55.5 Å². The van der Waals surface area contributed by atoms with Crippen LogP contribution in [-0.4, -0.2) is 225 Å². The van der Waals surface area contributed by atoms with Crippen LogP contribution in [0.3, 0.4) is 0 Å². The van der Waals surface area contributed by atoms with Crippen LogP contribution >= 0.6 is 21.4 Å². The molecule has 0 bridgehead atoms. The van der Waals surface area contributed by atoms with Crippen molar-refractivity contribution in [3.8, 4) is 0 Å². The third-order valence-corrected chi connectivity index (χ3v) is 25.1. The average Bonchev–Trinajstić information content (AvgIpc) is 0.984. The Kier molecular flexibility index (Phi) is 30.9. The molecule has 0 unspecified atom stereocenters. The molecule has 6 atom stereocenters. The number of carbonyl (C=O) groups is 8. The van der Waals surface area contributed by atoms with E-state index < -0.39 is 145 Å². The number of hydrogen-bond donors (Lipinski definition) is 4. The molecule has 0 aromatic heterocycles. The molecule has 4 N–H and O–H groups in total. The molecular formula is C80H108Cl2N10O18S4. The monoisotopic (exact) mass is 1690 g/mol. The second kappa shape index (κ2) is 38.1. The molecule has 6 aromatic rings. The maximum absolute atomic E-state index is 14.6. The summed E-state index contributed by atoms with van der Waals surface area (Å²) in [5.74, 6) is -2.92. The smallest absolute Gasteiger partial charge is 0.410 e. The largest absolute Gasteiger partial charge is 0.444 e. The van der Waals surface area contributed by atoms with Gasteiger partial charge in [-0.3, -0.25) is 38.6 Å². The van der Waals surface area contributed by atoms with Gasteiger partial charge in [0, 0.05) is 86.8 Å². The molecule has 0 saturated carbocycles. The van der Waals surface area contributed by atoms with E-state index in [-0.39, 0.29) is 57.6 Å². The fraction of sp³-hybridized carbons (Fsp3) is 0.500. The van der Waals surface area contributed by atoms with Gasteiger partial charge in [0.25, 0.3) is 18.1 Å². The van der Waals surface area contributed by atoms with Crippen molar-refractivity contribution in [3.63, 3.8) is 0 Å². The molecule has 114 heavy (non-hydrogen) atoms. The van der Waals surface area contributed by atoms with Gasteiger partial charge >= 0.3 is 12.2 Å². The Morgan fingerprint density at radius 1 is 0.456 bits per heavy atom. The van der Waals surface area contributed by atoms with Gasteiger partial charge < -0.3 is 39.7 Å². The number of ether oxygens (including phenoxy) is 2. The predicted molar refractivity (Wildman–Crippen MR) is 437 cm³/mol. The second-order valence-electron chi connectivity index (χ2n) is 32.8. The van der Waals surface area contributed by atoms with Crippen molar-refractivity contribution in [1.82, 2.24) is 49.5 Å². The summed E-state index contributed by atoms with van der Waals surface area (Å²) in [7, 11) is -3.00. The molecule has 34 heteroatoms. The molecule has 2 heterocycles. The fourth-order valence-electron chi connectivity index (χ4n) is 12.8. The maximum Gasteiger partial charge on any atom is 0.410 e. The van der Waals surface area contributed by atoms with Gasteiger partial charge in [-0.2, -0.15) is 0 Å². The minimum atomic E-state index is -4.36. The Labute approximate surface area is 679 Å². The number of nitrogens with zero attached hydrogens (tertiary/aromatic N) is 6. The molecule has 2 aliphatic rings. The van der Waals surface area contributed by atoms with Crippen molar-refractivity contribution in [2.24, 2.45) is 10.8 Å². The van der Waals surface area contributed by atoms with Crippen molar-refractivity contribution in [2.75, 3.05) is 66.5 Å². The maximum atomic E-state index is 14.6. The van der Waals surface area contributed by atoms with Crippen LogP contribution in [0.4, 0.5) is 9.59 Å². The van der Waals surface area contributed by atoms with Gasteiger partial charge in [0.1, 0.15) is 35.4 Å². The Bertz CT molecular complexity index is 4650. The lowest BCUT2D eigenvalue weighted by Gasteiger charge is -2.38. The number of likely N-dealkylation sites (N-methyl/N-ethyl adjacent to an activating group) is 2. The number of nitrogens with one attached hydrogen (secondary N) is 4. The number of sulfonamides is 2. The molecule has 8 amide bonds. The van der Waals surface area contributed by atoms with E-state index in [0.29, 0.717) is 73.2 Å². The molecule has 624 valence electrons. The number of likely N-dealkylation sites (tertiary alicyclic amines) is 2. The molecule has 28 nitrogen and oxygen atoms in total. The number of fused-ring (bicyclic) bond motifs is 2. The normalized spacial score (nSPS) is 16.2. The summed E-state index contributed by atoms with van der Waals surface area (Å²) in [6.45, 7) is 24.3. The minimum Gasteiger partial charge on any atom is -0.444 e. The van der Waals surface area contributed by atoms with Crippen molar-refractivity contribution in [3.05, 3.63) is 145 Å². The van der Waals surface area contributed by atoms with Crippen LogP contribution in [-0.2, 0) is 89.2 Å². The molecule has 0 spiro atoms. The molecule has 8 rings (SSSR count). The molecule has 6 aromatic carbocycles. The van der Waals surface area contributed by atoms with Gasteiger partial charge in [0.15, 0.2) is 0 Å². The second-order valence-corrected chi connectivity index (χ2v) is 41.5. The van der Waals surface area contributed by atoms with E-state index in [1.165, 1.54) is 96.7 Å². The molecule has 0 aliphatic carbocycles. The average molecular weight is 1700 g/mol. The lowest BCUT2D eigenvalue weighted by atomic mass is 9.85. The van der Waals surface area contributed by atoms with Gasteiger partial charge in [-0.25, -0.2) is 52.7 Å². The number of halogens is 2. The lowest BCUT2D eigenvalue weighted by Crippen LogP contribution is -2.60. The van der Waals surface area contributed by atoms with Crippen LogP contribution < -0.4 is 20.1 Å². The fourth-order valence-corrected chi connectivity index (χ4v) is 16.4. The number of benzene rings is 6. The minimum absolute atomic E-state index is 0.0434. The lowest BCUT2D eigenvalue weighted by molar-refractivity contribution is -0.142. The first-order chi connectivity index (χ1) is 52.7. The van der Waals surface area contributed by atoms with Gasteiger partial charge in [-0.1, -0.05) is 126 Å². The van der Waals surface area contributed by atoms with Crippen molar-refractivity contribution in [2.45, 2.75) is 202 Å². The third-order valence-electron chi connectivity index (χ3n) is 19.6. The zero-order valence-corrected chi connectivity index (χ0v) is 72.3. The van der Waals surface area contributed by atoms with Crippen molar-refractivity contribution < 1.29 is 81.5 Å². The SMILES string of the molecule is C[C@@H](C(=O)N[C@H](C(=O)N1CCC[C@H]1CN(CCc1ccccc1)C(=O)CNS(=O)(=O)c1ccc2cc(S(=O)(=O)NCC(=O)N(CCc3ccccc3)C[C@@H]3CCCN3C(=O)[C@@H](NC(=O)[C@H](C)N(C)C(=O)OC(C)(C)C)C(C)(C)C)ccc2c1)C(C)(C)C)N(C)C(=O)OC(C)(C)C.O=S(=O)(Cl)c1ccc2cc(S(=O)(=O)Cl)ccc2c1. The highest BCUT2D eigenvalue weighted by Crippen LogP contribution is 2.32. The Hall–Kier alpha value is -8.50. The number of hydrogen-bond acceptors (Lipinski definition) is 18. The Balaban J connectivity index is 0.000000871. The molecular weight excluding hydrogens is 1590 g/mol. The highest BCUT2D eigenvalue weighted by molar-refractivity contribution is 8.14. The van der Waals surface area contributed by atoms with E-state index in [2.05, 4.69) is 20.1 Å². The standard InChI is InChI=1S/C70H102N10O14S2.C10H6Cl2O4S2/c1-47(75(15)65(87)93-69(9,10)11)61(83)73-59(67(3,4)5)63(85)79-37-23-29-53(79)45-77(39-35-49-25-19-17-20-26-49)57(81)43-71-95(89,90)55-33-31-52-42-56(34-32-51(52)41-55)96(91,92)72-44-58(82)78(40-36-50-27-21-18-22-28-50)46-54-30-24-38-80(54)64(86)60(68(6,7)8)74-62(84)48(2)76(16)66(88)94-70(12,13)14;11-17(13,14)9-3-1-7-5-10(18(12,15)16)4-2-8(7)6-9/h17-22,25-28,31-34,41-42,47-48,53-54,59-60,71-72H,23-24,29-30,35-40,43-46H2,1-16H3,(H,73,83)(H,74,84);1-6H/t47-,48-,53-,54-,59+,60+;/m0./s1. The number of carbonyl (C=O) groups excluding carboxylic acids is 8. The van der Waals surface area contributed by atoms with Crippen LogP contribution in [0.2, 0.25) is 0 Å². The third kappa shape index (κ3) is 26.3. The molecule has 0 radical (unpaired) electrons. The summed E-state index contributed by atoms with van der Waals surface area (Å²) in [6, 6.07) is 30.4. The van der Waals surface area contributed by atoms with Crippen LogP contribution in [0.25, 0.3) is 21.5 Å². The van der Waals surface area contributed by atoms with Crippen LogP contribution in [0.15, 0.2) is 153 Å². The van der Waals surface area contributed by atoms with E-state index >= 15 is 0 Å². The Morgan fingerprint density at radius 3 is 1.04 bits per heavy atom. The first-order valence-corrected chi connectivity index (χ1v) is 45.1. The summed E-state index contributed by atoms with van der Waals surface area (Å²) < 4.78 is 117. The molecule has 2 saturated heterocycles. The molecule has 2 aliphatic heterocycles.